The second-order valence-corrected chi connectivity index (χ2v) is 8.21. The van der Waals surface area contributed by atoms with Gasteiger partial charge >= 0.3 is 0 Å². The van der Waals surface area contributed by atoms with Gasteiger partial charge in [0.05, 0.1) is 26.0 Å². The molecule has 3 heterocycles. The molecule has 6 heteroatoms. The summed E-state index contributed by atoms with van der Waals surface area (Å²) in [6.45, 7) is 3.23. The number of anilines is 1. The van der Waals surface area contributed by atoms with Crippen LogP contribution in [0.3, 0.4) is 0 Å². The number of nitrogens with zero attached hydrogens (tertiary/aromatic N) is 4. The van der Waals surface area contributed by atoms with Crippen molar-refractivity contribution in [1.29, 1.82) is 0 Å². The molecule has 0 N–H and O–H groups in total. The molecular weight excluding hydrogens is 412 g/mol. The molecule has 6 nitrogen and oxygen atoms in total. The lowest BCUT2D eigenvalue weighted by atomic mass is 10.0. The van der Waals surface area contributed by atoms with Gasteiger partial charge in [0, 0.05) is 54.2 Å². The third-order valence-electron chi connectivity index (χ3n) is 6.05. The Balaban J connectivity index is 1.44. The summed E-state index contributed by atoms with van der Waals surface area (Å²) in [7, 11) is 1.71. The molecule has 5 rings (SSSR count). The van der Waals surface area contributed by atoms with E-state index in [-0.39, 0.29) is 0 Å². The van der Waals surface area contributed by atoms with Crippen LogP contribution in [0.1, 0.15) is 17.9 Å². The monoisotopic (exact) mass is 440 g/mol. The van der Waals surface area contributed by atoms with Crippen molar-refractivity contribution in [2.24, 2.45) is 0 Å². The molecule has 0 atom stereocenters. The van der Waals surface area contributed by atoms with Gasteiger partial charge in [-0.25, -0.2) is 9.97 Å². The van der Waals surface area contributed by atoms with E-state index in [0.29, 0.717) is 0 Å². The highest BCUT2D eigenvalue weighted by molar-refractivity contribution is 5.98. The molecule has 1 saturated heterocycles. The van der Waals surface area contributed by atoms with E-state index >= 15 is 0 Å². The van der Waals surface area contributed by atoms with Gasteiger partial charge in [-0.1, -0.05) is 12.1 Å². The molecule has 33 heavy (non-hydrogen) atoms. The third kappa shape index (κ3) is 4.96. The fourth-order valence-corrected chi connectivity index (χ4v) is 4.31. The molecule has 1 aliphatic heterocycles. The summed E-state index contributed by atoms with van der Waals surface area (Å²) in [5.41, 5.74) is 4.35. The molecule has 4 aromatic rings. The molecular formula is C27H28N4O2. The largest absolute Gasteiger partial charge is 0.497 e. The summed E-state index contributed by atoms with van der Waals surface area (Å²) in [6.07, 6.45) is 6.43. The van der Waals surface area contributed by atoms with Crippen LogP contribution in [0.25, 0.3) is 22.0 Å². The molecule has 0 amide bonds. The Hall–Kier alpha value is -3.51. The maximum Gasteiger partial charge on any atom is 0.128 e. The maximum atomic E-state index is 5.59. The number of pyridine rings is 1. The van der Waals surface area contributed by atoms with Gasteiger partial charge in [-0.05, 0) is 60.7 Å². The summed E-state index contributed by atoms with van der Waals surface area (Å²) in [5.74, 6) is 1.73. The van der Waals surface area contributed by atoms with Crippen LogP contribution in [-0.4, -0.2) is 48.4 Å². The van der Waals surface area contributed by atoms with Gasteiger partial charge < -0.3 is 14.4 Å². The van der Waals surface area contributed by atoms with E-state index in [1.165, 1.54) is 16.5 Å². The molecule has 0 spiro atoms. The SMILES string of the molecule is COc1ccc2cc(-c3ccnc(CCCc4ccccn4)n3)cc(N3CCOCC3)c2c1. The smallest absolute Gasteiger partial charge is 0.128 e. The van der Waals surface area contributed by atoms with E-state index in [4.69, 9.17) is 14.5 Å². The predicted molar refractivity (Wildman–Crippen MR) is 131 cm³/mol. The van der Waals surface area contributed by atoms with Crippen molar-refractivity contribution >= 4 is 16.5 Å². The molecule has 0 unspecified atom stereocenters. The van der Waals surface area contributed by atoms with E-state index in [1.807, 2.05) is 36.7 Å². The van der Waals surface area contributed by atoms with Crippen LogP contribution in [0.15, 0.2) is 67.0 Å². The maximum absolute atomic E-state index is 5.59. The van der Waals surface area contributed by atoms with E-state index in [9.17, 15) is 0 Å². The van der Waals surface area contributed by atoms with Crippen LogP contribution in [0.4, 0.5) is 5.69 Å². The van der Waals surface area contributed by atoms with Crippen molar-refractivity contribution in [3.05, 3.63) is 78.5 Å². The van der Waals surface area contributed by atoms with E-state index in [2.05, 4.69) is 45.2 Å². The van der Waals surface area contributed by atoms with Gasteiger partial charge in [0.2, 0.25) is 0 Å². The Labute approximate surface area is 194 Å². The summed E-state index contributed by atoms with van der Waals surface area (Å²) in [6, 6.07) is 18.7. The number of ether oxygens (including phenoxy) is 2. The van der Waals surface area contributed by atoms with Crippen molar-refractivity contribution in [1.82, 2.24) is 15.0 Å². The van der Waals surface area contributed by atoms with Crippen LogP contribution in [0.5, 0.6) is 5.75 Å². The quantitative estimate of drug-likeness (QED) is 0.415. The Morgan fingerprint density at radius 3 is 2.67 bits per heavy atom. The Kier molecular flexibility index (Phi) is 6.44. The molecule has 168 valence electrons. The van der Waals surface area contributed by atoms with Gasteiger partial charge in [0.15, 0.2) is 0 Å². The Morgan fingerprint density at radius 2 is 1.85 bits per heavy atom. The number of morpholine rings is 1. The zero-order valence-corrected chi connectivity index (χ0v) is 18.9. The van der Waals surface area contributed by atoms with Crippen molar-refractivity contribution in [2.45, 2.75) is 19.3 Å². The van der Waals surface area contributed by atoms with Gasteiger partial charge in [0.1, 0.15) is 11.6 Å². The summed E-state index contributed by atoms with van der Waals surface area (Å²) >= 11 is 0. The van der Waals surface area contributed by atoms with Crippen molar-refractivity contribution in [2.75, 3.05) is 38.3 Å². The molecule has 2 aromatic carbocycles. The summed E-state index contributed by atoms with van der Waals surface area (Å²) in [4.78, 5) is 16.2. The first-order chi connectivity index (χ1) is 16.3. The van der Waals surface area contributed by atoms with E-state index in [0.717, 1.165) is 74.1 Å². The standard InChI is InChI=1S/C27H28N4O2/c1-32-23-9-8-20-17-21(18-26(24(20)19-23)31-13-15-33-16-14-31)25-10-12-29-27(30-25)7-4-6-22-5-2-3-11-28-22/h2-3,5,8-12,17-19H,4,6-7,13-16H2,1H3. The molecule has 2 aromatic heterocycles. The van der Waals surface area contributed by atoms with E-state index < -0.39 is 0 Å². The van der Waals surface area contributed by atoms with Gasteiger partial charge in [-0.3, -0.25) is 4.98 Å². The van der Waals surface area contributed by atoms with Gasteiger partial charge in [0.25, 0.3) is 0 Å². The molecule has 0 saturated carbocycles. The molecule has 0 aliphatic carbocycles. The highest BCUT2D eigenvalue weighted by atomic mass is 16.5. The number of aromatic nitrogens is 3. The zero-order chi connectivity index (χ0) is 22.5. The second-order valence-electron chi connectivity index (χ2n) is 8.21. The average molecular weight is 441 g/mol. The number of benzene rings is 2. The Bertz CT molecular complexity index is 1220. The number of aryl methyl sites for hydroxylation is 2. The molecule has 1 aliphatic rings. The van der Waals surface area contributed by atoms with E-state index in [1.54, 1.807) is 7.11 Å². The van der Waals surface area contributed by atoms with Crippen LogP contribution >= 0.6 is 0 Å². The lowest BCUT2D eigenvalue weighted by Crippen LogP contribution is -2.36. The topological polar surface area (TPSA) is 60.4 Å². The van der Waals surface area contributed by atoms with Crippen LogP contribution in [-0.2, 0) is 17.6 Å². The Morgan fingerprint density at radius 1 is 0.939 bits per heavy atom. The van der Waals surface area contributed by atoms with Gasteiger partial charge in [-0.15, -0.1) is 0 Å². The first kappa shape index (κ1) is 21.3. The lowest BCUT2D eigenvalue weighted by Gasteiger charge is -2.30. The number of rotatable bonds is 7. The minimum absolute atomic E-state index is 0.740. The third-order valence-corrected chi connectivity index (χ3v) is 6.05. The van der Waals surface area contributed by atoms with Gasteiger partial charge in [-0.2, -0.15) is 0 Å². The molecule has 0 bridgehead atoms. The predicted octanol–water partition coefficient (Wildman–Crippen LogP) is 4.71. The molecule has 1 fully saturated rings. The van der Waals surface area contributed by atoms with Crippen molar-refractivity contribution in [3.8, 4) is 17.0 Å². The number of hydrogen-bond donors (Lipinski definition) is 0. The summed E-state index contributed by atoms with van der Waals surface area (Å²) < 4.78 is 11.1. The zero-order valence-electron chi connectivity index (χ0n) is 18.9. The first-order valence-electron chi connectivity index (χ1n) is 11.5. The second kappa shape index (κ2) is 9.96. The van der Waals surface area contributed by atoms with Crippen LogP contribution in [0, 0.1) is 0 Å². The average Bonchev–Trinajstić information content (AvgIpc) is 2.89. The normalized spacial score (nSPS) is 13.9. The number of fused-ring (bicyclic) bond motifs is 1. The first-order valence-corrected chi connectivity index (χ1v) is 11.5. The van der Waals surface area contributed by atoms with Crippen LogP contribution < -0.4 is 9.64 Å². The van der Waals surface area contributed by atoms with Crippen molar-refractivity contribution < 1.29 is 9.47 Å². The highest BCUT2D eigenvalue weighted by Gasteiger charge is 2.17. The number of hydrogen-bond acceptors (Lipinski definition) is 6. The fraction of sp³-hybridized carbons (Fsp3) is 0.296. The molecule has 0 radical (unpaired) electrons. The fourth-order valence-electron chi connectivity index (χ4n) is 4.31. The van der Waals surface area contributed by atoms with Crippen molar-refractivity contribution in [3.63, 3.8) is 0 Å². The lowest BCUT2D eigenvalue weighted by molar-refractivity contribution is 0.123. The minimum atomic E-state index is 0.740. The van der Waals surface area contributed by atoms with Crippen LogP contribution in [0.2, 0.25) is 0 Å². The number of methoxy groups -OCH3 is 1. The highest BCUT2D eigenvalue weighted by Crippen LogP contribution is 2.35. The summed E-state index contributed by atoms with van der Waals surface area (Å²) in [5, 5.41) is 2.36. The minimum Gasteiger partial charge on any atom is -0.497 e.